The van der Waals surface area contributed by atoms with Gasteiger partial charge in [0.25, 0.3) is 0 Å². The summed E-state index contributed by atoms with van der Waals surface area (Å²) in [6.07, 6.45) is 4.40. The summed E-state index contributed by atoms with van der Waals surface area (Å²) < 4.78 is 0. The van der Waals surface area contributed by atoms with Crippen molar-refractivity contribution in [1.82, 2.24) is 4.98 Å². The minimum atomic E-state index is -0.968. The van der Waals surface area contributed by atoms with Crippen LogP contribution in [-0.4, -0.2) is 35.2 Å². The normalized spacial score (nSPS) is 12.5. The standard InChI is InChI=1S/C17H25N3O2/c1-3-8-20(9-4-2)15-7-5-6-13-12(11-19-16(13)15)10-14(18)17(21)22/h5-7,11,14,19H,3-4,8-10,18H2,1-2H3,(H,21,22). The van der Waals surface area contributed by atoms with Gasteiger partial charge in [-0.05, 0) is 24.5 Å². The Morgan fingerprint density at radius 2 is 2.00 bits per heavy atom. The van der Waals surface area contributed by atoms with Crippen molar-refractivity contribution in [1.29, 1.82) is 0 Å². The Kier molecular flexibility index (Phi) is 5.44. The first-order valence-corrected chi connectivity index (χ1v) is 7.90. The number of carboxylic acid groups (broad SMARTS) is 1. The lowest BCUT2D eigenvalue weighted by Gasteiger charge is -2.24. The molecule has 1 aromatic carbocycles. The van der Waals surface area contributed by atoms with Gasteiger partial charge in [-0.15, -0.1) is 0 Å². The third-order valence-corrected chi connectivity index (χ3v) is 3.86. The number of benzene rings is 1. The van der Waals surface area contributed by atoms with E-state index in [1.807, 2.05) is 18.3 Å². The summed E-state index contributed by atoms with van der Waals surface area (Å²) in [5.74, 6) is -0.968. The van der Waals surface area contributed by atoms with Gasteiger partial charge in [0.05, 0.1) is 11.2 Å². The van der Waals surface area contributed by atoms with Crippen LogP contribution >= 0.6 is 0 Å². The van der Waals surface area contributed by atoms with Gasteiger partial charge in [0, 0.05) is 31.1 Å². The average molecular weight is 303 g/mol. The lowest BCUT2D eigenvalue weighted by molar-refractivity contribution is -0.138. The number of hydrogen-bond donors (Lipinski definition) is 3. The van der Waals surface area contributed by atoms with Crippen molar-refractivity contribution < 1.29 is 9.90 Å². The van der Waals surface area contributed by atoms with Gasteiger partial charge < -0.3 is 20.7 Å². The van der Waals surface area contributed by atoms with Crippen LogP contribution in [-0.2, 0) is 11.2 Å². The predicted molar refractivity (Wildman–Crippen MR) is 90.4 cm³/mol. The summed E-state index contributed by atoms with van der Waals surface area (Å²) >= 11 is 0. The molecule has 1 aromatic heterocycles. The third kappa shape index (κ3) is 3.42. The quantitative estimate of drug-likeness (QED) is 0.700. The maximum Gasteiger partial charge on any atom is 0.320 e. The zero-order chi connectivity index (χ0) is 16.1. The first-order valence-electron chi connectivity index (χ1n) is 7.90. The second-order valence-electron chi connectivity index (χ2n) is 5.65. The van der Waals surface area contributed by atoms with E-state index in [9.17, 15) is 4.79 Å². The third-order valence-electron chi connectivity index (χ3n) is 3.86. The lowest BCUT2D eigenvalue weighted by atomic mass is 10.0. The number of nitrogens with one attached hydrogen (secondary N) is 1. The smallest absolute Gasteiger partial charge is 0.320 e. The van der Waals surface area contributed by atoms with Crippen molar-refractivity contribution in [2.75, 3.05) is 18.0 Å². The molecule has 5 nitrogen and oxygen atoms in total. The molecule has 22 heavy (non-hydrogen) atoms. The van der Waals surface area contributed by atoms with Crippen LogP contribution < -0.4 is 10.6 Å². The van der Waals surface area contributed by atoms with E-state index in [1.165, 1.54) is 5.69 Å². The monoisotopic (exact) mass is 303 g/mol. The van der Waals surface area contributed by atoms with Crippen molar-refractivity contribution in [3.05, 3.63) is 30.0 Å². The Hall–Kier alpha value is -2.01. The Bertz CT molecular complexity index is 630. The topological polar surface area (TPSA) is 82.3 Å². The van der Waals surface area contributed by atoms with Crippen molar-refractivity contribution in [2.45, 2.75) is 39.2 Å². The van der Waals surface area contributed by atoms with E-state index in [0.29, 0.717) is 6.42 Å². The van der Waals surface area contributed by atoms with Crippen LogP contribution in [0.25, 0.3) is 10.9 Å². The zero-order valence-corrected chi connectivity index (χ0v) is 13.3. The molecule has 1 atom stereocenters. The molecule has 0 radical (unpaired) electrons. The summed E-state index contributed by atoms with van der Waals surface area (Å²) in [4.78, 5) is 16.6. The molecule has 0 bridgehead atoms. The number of rotatable bonds is 8. The van der Waals surface area contributed by atoms with Crippen molar-refractivity contribution in [3.8, 4) is 0 Å². The Balaban J connectivity index is 2.38. The van der Waals surface area contributed by atoms with E-state index >= 15 is 0 Å². The number of aromatic amines is 1. The number of nitrogens with two attached hydrogens (primary N) is 1. The number of fused-ring (bicyclic) bond motifs is 1. The molecule has 2 rings (SSSR count). The minimum Gasteiger partial charge on any atom is -0.480 e. The van der Waals surface area contributed by atoms with Gasteiger partial charge in [0.1, 0.15) is 6.04 Å². The van der Waals surface area contributed by atoms with E-state index in [4.69, 9.17) is 10.8 Å². The zero-order valence-electron chi connectivity index (χ0n) is 13.3. The summed E-state index contributed by atoms with van der Waals surface area (Å²) in [6.45, 7) is 6.37. The highest BCUT2D eigenvalue weighted by molar-refractivity contribution is 5.94. The van der Waals surface area contributed by atoms with Crippen molar-refractivity contribution in [3.63, 3.8) is 0 Å². The van der Waals surface area contributed by atoms with Crippen LogP contribution in [0, 0.1) is 0 Å². The second kappa shape index (κ2) is 7.31. The highest BCUT2D eigenvalue weighted by Crippen LogP contribution is 2.29. The number of carbonyl (C=O) groups is 1. The van der Waals surface area contributed by atoms with Gasteiger partial charge >= 0.3 is 5.97 Å². The number of hydrogen-bond acceptors (Lipinski definition) is 3. The molecular formula is C17H25N3O2. The van der Waals surface area contributed by atoms with Gasteiger partial charge in [0.15, 0.2) is 0 Å². The molecule has 0 saturated heterocycles. The fraction of sp³-hybridized carbons (Fsp3) is 0.471. The van der Waals surface area contributed by atoms with E-state index in [1.54, 1.807) is 0 Å². The molecule has 120 valence electrons. The van der Waals surface area contributed by atoms with Gasteiger partial charge in [-0.2, -0.15) is 0 Å². The second-order valence-corrected chi connectivity index (χ2v) is 5.65. The Labute approximate surface area is 131 Å². The number of carboxylic acids is 1. The van der Waals surface area contributed by atoms with Gasteiger partial charge in [0.2, 0.25) is 0 Å². The Morgan fingerprint density at radius 1 is 1.32 bits per heavy atom. The molecule has 1 unspecified atom stereocenters. The maximum absolute atomic E-state index is 11.0. The first-order chi connectivity index (χ1) is 10.6. The lowest BCUT2D eigenvalue weighted by Crippen LogP contribution is -2.32. The van der Waals surface area contributed by atoms with Gasteiger partial charge in [-0.3, -0.25) is 4.79 Å². The van der Waals surface area contributed by atoms with Gasteiger partial charge in [-0.1, -0.05) is 26.0 Å². The number of aliphatic carboxylic acids is 1. The fourth-order valence-electron chi connectivity index (χ4n) is 2.85. The highest BCUT2D eigenvalue weighted by Gasteiger charge is 2.17. The van der Waals surface area contributed by atoms with Crippen LogP contribution in [0.5, 0.6) is 0 Å². The summed E-state index contributed by atoms with van der Waals surface area (Å²) in [7, 11) is 0. The number of aromatic nitrogens is 1. The molecule has 5 heteroatoms. The summed E-state index contributed by atoms with van der Waals surface area (Å²) in [5, 5.41) is 10.1. The van der Waals surface area contributed by atoms with Crippen molar-refractivity contribution in [2.24, 2.45) is 5.73 Å². The first kappa shape index (κ1) is 16.4. The molecular weight excluding hydrogens is 278 g/mol. The molecule has 0 aliphatic rings. The highest BCUT2D eigenvalue weighted by atomic mass is 16.4. The fourth-order valence-corrected chi connectivity index (χ4v) is 2.85. The average Bonchev–Trinajstić information content (AvgIpc) is 2.90. The molecule has 0 amide bonds. The van der Waals surface area contributed by atoms with E-state index < -0.39 is 12.0 Å². The molecule has 0 aliphatic carbocycles. The summed E-state index contributed by atoms with van der Waals surface area (Å²) in [5.41, 5.74) is 8.87. The molecule has 4 N–H and O–H groups in total. The van der Waals surface area contributed by atoms with Crippen LogP contribution in [0.4, 0.5) is 5.69 Å². The van der Waals surface area contributed by atoms with Crippen molar-refractivity contribution >= 4 is 22.6 Å². The predicted octanol–water partition coefficient (Wildman–Crippen LogP) is 2.75. The Morgan fingerprint density at radius 3 is 2.59 bits per heavy atom. The van der Waals surface area contributed by atoms with E-state index in [0.717, 1.165) is 42.4 Å². The number of para-hydroxylation sites is 1. The number of anilines is 1. The van der Waals surface area contributed by atoms with E-state index in [2.05, 4.69) is 29.8 Å². The number of H-pyrrole nitrogens is 1. The molecule has 0 saturated carbocycles. The molecule has 0 spiro atoms. The van der Waals surface area contributed by atoms with Crippen LogP contribution in [0.1, 0.15) is 32.3 Å². The SMILES string of the molecule is CCCN(CCC)c1cccc2c(CC(N)C(=O)O)c[nH]c12. The molecule has 0 fully saturated rings. The van der Waals surface area contributed by atoms with Gasteiger partial charge in [-0.25, -0.2) is 0 Å². The van der Waals surface area contributed by atoms with Crippen LogP contribution in [0.2, 0.25) is 0 Å². The summed E-state index contributed by atoms with van der Waals surface area (Å²) in [6, 6.07) is 5.30. The van der Waals surface area contributed by atoms with Crippen LogP contribution in [0.3, 0.4) is 0 Å². The molecule has 1 heterocycles. The number of nitrogens with zero attached hydrogens (tertiary/aromatic N) is 1. The molecule has 2 aromatic rings. The van der Waals surface area contributed by atoms with Crippen LogP contribution in [0.15, 0.2) is 24.4 Å². The molecule has 0 aliphatic heterocycles. The maximum atomic E-state index is 11.0. The minimum absolute atomic E-state index is 0.334. The van der Waals surface area contributed by atoms with E-state index in [-0.39, 0.29) is 0 Å². The largest absolute Gasteiger partial charge is 0.480 e.